The van der Waals surface area contributed by atoms with Gasteiger partial charge in [0.25, 0.3) is 0 Å². The van der Waals surface area contributed by atoms with Crippen LogP contribution in [0.1, 0.15) is 38.2 Å². The normalized spacial score (nSPS) is 28.6. The third-order valence-electron chi connectivity index (χ3n) is 5.51. The molecule has 21 heavy (non-hydrogen) atoms. The average Bonchev–Trinajstić information content (AvgIpc) is 3.15. The van der Waals surface area contributed by atoms with Gasteiger partial charge in [-0.1, -0.05) is 12.5 Å². The third kappa shape index (κ3) is 3.03. The Bertz CT molecular complexity index is 488. The average molecular weight is 289 g/mol. The van der Waals surface area contributed by atoms with Crippen molar-refractivity contribution < 1.29 is 9.47 Å². The topological polar surface area (TPSA) is 30.5 Å². The minimum Gasteiger partial charge on any atom is -0.493 e. The molecule has 2 saturated carbocycles. The van der Waals surface area contributed by atoms with Crippen molar-refractivity contribution >= 4 is 0 Å². The van der Waals surface area contributed by atoms with Crippen LogP contribution in [-0.4, -0.2) is 20.3 Å². The van der Waals surface area contributed by atoms with Crippen molar-refractivity contribution in [3.05, 3.63) is 23.8 Å². The molecule has 0 saturated heterocycles. The number of fused-ring (bicyclic) bond motifs is 2. The van der Waals surface area contributed by atoms with E-state index in [9.17, 15) is 0 Å². The second-order valence-electron chi connectivity index (χ2n) is 6.70. The molecule has 2 fully saturated rings. The van der Waals surface area contributed by atoms with Crippen molar-refractivity contribution in [1.82, 2.24) is 5.32 Å². The van der Waals surface area contributed by atoms with E-state index in [4.69, 9.17) is 9.47 Å². The Morgan fingerprint density at radius 1 is 1.14 bits per heavy atom. The third-order valence-corrected chi connectivity index (χ3v) is 5.51. The van der Waals surface area contributed by atoms with Crippen molar-refractivity contribution in [3.63, 3.8) is 0 Å². The summed E-state index contributed by atoms with van der Waals surface area (Å²) >= 11 is 0. The number of benzene rings is 1. The highest BCUT2D eigenvalue weighted by atomic mass is 16.5. The number of methoxy groups -OCH3 is 2. The van der Waals surface area contributed by atoms with Crippen LogP contribution in [0.15, 0.2) is 18.2 Å². The molecular formula is C18H27NO2. The van der Waals surface area contributed by atoms with Crippen LogP contribution >= 0.6 is 0 Å². The zero-order chi connectivity index (χ0) is 14.8. The summed E-state index contributed by atoms with van der Waals surface area (Å²) in [6, 6.07) is 6.77. The molecule has 2 bridgehead atoms. The monoisotopic (exact) mass is 289 g/mol. The molecule has 116 valence electrons. The second kappa shape index (κ2) is 6.27. The minimum absolute atomic E-state index is 0.605. The van der Waals surface area contributed by atoms with Gasteiger partial charge in [-0.25, -0.2) is 0 Å². The summed E-state index contributed by atoms with van der Waals surface area (Å²) in [5, 5.41) is 3.72. The van der Waals surface area contributed by atoms with Crippen molar-refractivity contribution in [2.75, 3.05) is 14.2 Å². The lowest BCUT2D eigenvalue weighted by atomic mass is 9.84. The van der Waals surface area contributed by atoms with Gasteiger partial charge in [-0.2, -0.15) is 0 Å². The summed E-state index contributed by atoms with van der Waals surface area (Å²) < 4.78 is 10.7. The lowest BCUT2D eigenvalue weighted by Gasteiger charge is -2.28. The van der Waals surface area contributed by atoms with Gasteiger partial charge in [0, 0.05) is 12.6 Å². The van der Waals surface area contributed by atoms with Gasteiger partial charge >= 0.3 is 0 Å². The fraction of sp³-hybridized carbons (Fsp3) is 0.667. The van der Waals surface area contributed by atoms with E-state index < -0.39 is 0 Å². The Labute approximate surface area is 128 Å². The van der Waals surface area contributed by atoms with Crippen molar-refractivity contribution in [2.45, 2.75) is 45.2 Å². The van der Waals surface area contributed by atoms with Crippen LogP contribution < -0.4 is 14.8 Å². The van der Waals surface area contributed by atoms with Crippen molar-refractivity contribution in [1.29, 1.82) is 0 Å². The Morgan fingerprint density at radius 2 is 1.95 bits per heavy atom. The number of rotatable bonds is 6. The van der Waals surface area contributed by atoms with Crippen molar-refractivity contribution in [2.24, 2.45) is 17.8 Å². The summed E-state index contributed by atoms with van der Waals surface area (Å²) in [6.07, 6.45) is 5.85. The molecule has 3 rings (SSSR count). The second-order valence-corrected chi connectivity index (χ2v) is 6.70. The fourth-order valence-corrected chi connectivity index (χ4v) is 4.33. The van der Waals surface area contributed by atoms with Crippen molar-refractivity contribution in [3.8, 4) is 11.5 Å². The molecule has 2 aliphatic rings. The molecular weight excluding hydrogens is 262 g/mol. The molecule has 1 aromatic carbocycles. The molecule has 0 spiro atoms. The van der Waals surface area contributed by atoms with Crippen LogP contribution in [0.25, 0.3) is 0 Å². The molecule has 3 heteroatoms. The van der Waals surface area contributed by atoms with Crippen LogP contribution in [0.5, 0.6) is 11.5 Å². The Morgan fingerprint density at radius 3 is 2.57 bits per heavy atom. The maximum Gasteiger partial charge on any atom is 0.161 e. The van der Waals surface area contributed by atoms with Gasteiger partial charge in [0.1, 0.15) is 0 Å². The summed E-state index contributed by atoms with van der Waals surface area (Å²) in [4.78, 5) is 0. The van der Waals surface area contributed by atoms with Gasteiger partial charge in [0.15, 0.2) is 11.5 Å². The van der Waals surface area contributed by atoms with Crippen LogP contribution in [-0.2, 0) is 6.54 Å². The minimum atomic E-state index is 0.605. The molecule has 1 aromatic rings. The van der Waals surface area contributed by atoms with Gasteiger partial charge in [-0.15, -0.1) is 0 Å². The summed E-state index contributed by atoms with van der Waals surface area (Å²) in [7, 11) is 3.36. The molecule has 1 N–H and O–H groups in total. The maximum absolute atomic E-state index is 5.37. The summed E-state index contributed by atoms with van der Waals surface area (Å²) in [5.74, 6) is 4.48. The fourth-order valence-electron chi connectivity index (χ4n) is 4.33. The molecule has 0 aliphatic heterocycles. The molecule has 4 atom stereocenters. The first-order valence-corrected chi connectivity index (χ1v) is 8.15. The predicted molar refractivity (Wildman–Crippen MR) is 84.8 cm³/mol. The predicted octanol–water partition coefficient (Wildman–Crippen LogP) is 3.62. The molecule has 0 amide bonds. The summed E-state index contributed by atoms with van der Waals surface area (Å²) in [5.41, 5.74) is 1.25. The Kier molecular flexibility index (Phi) is 4.39. The number of nitrogens with one attached hydrogen (secondary N) is 1. The number of ether oxygens (including phenoxy) is 2. The molecule has 3 nitrogen and oxygen atoms in total. The van der Waals surface area contributed by atoms with Gasteiger partial charge in [-0.05, 0) is 61.6 Å². The van der Waals surface area contributed by atoms with Gasteiger partial charge < -0.3 is 14.8 Å². The first-order valence-electron chi connectivity index (χ1n) is 8.15. The Hall–Kier alpha value is -1.22. The number of hydrogen-bond donors (Lipinski definition) is 1. The molecule has 0 aromatic heterocycles. The van der Waals surface area contributed by atoms with E-state index in [2.05, 4.69) is 24.4 Å². The van der Waals surface area contributed by atoms with E-state index in [1.165, 1.54) is 31.2 Å². The molecule has 0 radical (unpaired) electrons. The first-order chi connectivity index (χ1) is 10.2. The highest BCUT2D eigenvalue weighted by Crippen LogP contribution is 2.49. The van der Waals surface area contributed by atoms with Gasteiger partial charge in [0.2, 0.25) is 0 Å². The quantitative estimate of drug-likeness (QED) is 0.867. The van der Waals surface area contributed by atoms with Crippen LogP contribution in [0.2, 0.25) is 0 Å². The lowest BCUT2D eigenvalue weighted by molar-refractivity contribution is 0.259. The Balaban J connectivity index is 1.57. The highest BCUT2D eigenvalue weighted by Gasteiger charge is 2.41. The smallest absolute Gasteiger partial charge is 0.161 e. The zero-order valence-corrected chi connectivity index (χ0v) is 13.4. The standard InChI is InChI=1S/C18H27NO2/c1-12(16-9-13-4-6-15(16)8-13)19-11-14-5-7-17(20-2)18(10-14)21-3/h5,7,10,12-13,15-16,19H,4,6,8-9,11H2,1-3H3. The summed E-state index contributed by atoms with van der Waals surface area (Å²) in [6.45, 7) is 3.25. The van der Waals surface area contributed by atoms with Crippen LogP contribution in [0.3, 0.4) is 0 Å². The van der Waals surface area contributed by atoms with Crippen LogP contribution in [0, 0.1) is 17.8 Å². The van der Waals surface area contributed by atoms with Gasteiger partial charge in [-0.3, -0.25) is 0 Å². The van der Waals surface area contributed by atoms with E-state index in [1.54, 1.807) is 14.2 Å². The molecule has 4 unspecified atom stereocenters. The highest BCUT2D eigenvalue weighted by molar-refractivity contribution is 5.42. The van der Waals surface area contributed by atoms with E-state index in [0.717, 1.165) is 35.8 Å². The maximum atomic E-state index is 5.37. The van der Waals surface area contributed by atoms with E-state index in [1.807, 2.05) is 6.07 Å². The number of hydrogen-bond acceptors (Lipinski definition) is 3. The SMILES string of the molecule is COc1ccc(CNC(C)C2CC3CCC2C3)cc1OC. The molecule has 2 aliphatic carbocycles. The van der Waals surface area contributed by atoms with E-state index in [-0.39, 0.29) is 0 Å². The lowest BCUT2D eigenvalue weighted by Crippen LogP contribution is -2.35. The zero-order valence-electron chi connectivity index (χ0n) is 13.4. The van der Waals surface area contributed by atoms with E-state index in [0.29, 0.717) is 6.04 Å². The first kappa shape index (κ1) is 14.7. The molecule has 0 heterocycles. The van der Waals surface area contributed by atoms with Gasteiger partial charge in [0.05, 0.1) is 14.2 Å². The van der Waals surface area contributed by atoms with Crippen LogP contribution in [0.4, 0.5) is 0 Å². The largest absolute Gasteiger partial charge is 0.493 e. The van der Waals surface area contributed by atoms with E-state index >= 15 is 0 Å².